The number of rotatable bonds is 9. The Morgan fingerprint density at radius 2 is 2.08 bits per heavy atom. The Balaban J connectivity index is 1.65. The molecule has 1 atom stereocenters. The molecule has 0 aliphatic rings. The van der Waals surface area contributed by atoms with E-state index in [9.17, 15) is 0 Å². The summed E-state index contributed by atoms with van der Waals surface area (Å²) in [6.45, 7) is 6.17. The lowest BCUT2D eigenvalue weighted by Gasteiger charge is -2.10. The number of anilines is 1. The molecule has 0 saturated carbocycles. The fourth-order valence-corrected chi connectivity index (χ4v) is 2.25. The first-order chi connectivity index (χ1) is 11.7. The number of furan rings is 1. The van der Waals surface area contributed by atoms with Crippen LogP contribution in [0.15, 0.2) is 52.1 Å². The van der Waals surface area contributed by atoms with E-state index in [-0.39, 0.29) is 0 Å². The molecular formula is C19H27N3O2. The number of ether oxygens (including phenoxy) is 1. The first-order valence-corrected chi connectivity index (χ1v) is 8.46. The summed E-state index contributed by atoms with van der Waals surface area (Å²) < 4.78 is 10.7. The van der Waals surface area contributed by atoms with Gasteiger partial charge in [-0.15, -0.1) is 0 Å². The highest BCUT2D eigenvalue weighted by molar-refractivity contribution is 5.92. The van der Waals surface area contributed by atoms with Crippen LogP contribution in [0.1, 0.15) is 43.9 Å². The van der Waals surface area contributed by atoms with Crippen molar-refractivity contribution >= 4 is 11.6 Å². The van der Waals surface area contributed by atoms with Gasteiger partial charge in [0.1, 0.15) is 12.4 Å². The molecule has 2 rings (SSSR count). The number of nitrogens with one attached hydrogen (secondary N) is 1. The second-order valence-electron chi connectivity index (χ2n) is 5.81. The summed E-state index contributed by atoms with van der Waals surface area (Å²) in [6, 6.07) is 12.1. The molecule has 0 amide bonds. The molecule has 3 N–H and O–H groups in total. The van der Waals surface area contributed by atoms with Crippen molar-refractivity contribution in [1.29, 1.82) is 0 Å². The highest BCUT2D eigenvalue weighted by Gasteiger charge is 2.02. The minimum absolute atomic E-state index is 0.428. The predicted octanol–water partition coefficient (Wildman–Crippen LogP) is 4.13. The van der Waals surface area contributed by atoms with E-state index in [1.165, 1.54) is 5.56 Å². The Labute approximate surface area is 143 Å². The molecule has 5 heteroatoms. The number of hydrogen-bond acceptors (Lipinski definition) is 3. The van der Waals surface area contributed by atoms with Crippen LogP contribution in [0, 0.1) is 0 Å². The molecule has 0 aliphatic carbocycles. The molecule has 1 aromatic carbocycles. The van der Waals surface area contributed by atoms with Crippen molar-refractivity contribution in [2.45, 2.75) is 39.2 Å². The number of benzene rings is 1. The van der Waals surface area contributed by atoms with E-state index >= 15 is 0 Å². The zero-order valence-electron chi connectivity index (χ0n) is 14.5. The number of aliphatic imine (C=N–C) groups is 1. The molecule has 24 heavy (non-hydrogen) atoms. The third-order valence-corrected chi connectivity index (χ3v) is 3.92. The summed E-state index contributed by atoms with van der Waals surface area (Å²) in [6.07, 6.45) is 3.60. The molecule has 1 aromatic heterocycles. The summed E-state index contributed by atoms with van der Waals surface area (Å²) in [4.78, 5) is 4.31. The first-order valence-electron chi connectivity index (χ1n) is 8.46. The van der Waals surface area contributed by atoms with Gasteiger partial charge in [0.15, 0.2) is 5.96 Å². The number of nitrogens with zero attached hydrogens (tertiary/aromatic N) is 1. The van der Waals surface area contributed by atoms with Gasteiger partial charge in [0, 0.05) is 18.8 Å². The van der Waals surface area contributed by atoms with E-state index in [0.717, 1.165) is 24.3 Å². The molecule has 0 fully saturated rings. The van der Waals surface area contributed by atoms with Crippen LogP contribution in [-0.2, 0) is 11.3 Å². The highest BCUT2D eigenvalue weighted by atomic mass is 16.5. The lowest BCUT2D eigenvalue weighted by atomic mass is 9.99. The van der Waals surface area contributed by atoms with Crippen LogP contribution in [0.4, 0.5) is 5.69 Å². The van der Waals surface area contributed by atoms with Crippen LogP contribution in [0.2, 0.25) is 0 Å². The number of guanidine groups is 1. The molecule has 0 saturated heterocycles. The van der Waals surface area contributed by atoms with Gasteiger partial charge in [-0.1, -0.05) is 26.0 Å². The van der Waals surface area contributed by atoms with Crippen LogP contribution < -0.4 is 11.1 Å². The fraction of sp³-hybridized carbons (Fsp3) is 0.421. The Morgan fingerprint density at radius 1 is 1.29 bits per heavy atom. The van der Waals surface area contributed by atoms with E-state index in [2.05, 4.69) is 36.3 Å². The van der Waals surface area contributed by atoms with Crippen LogP contribution in [0.5, 0.6) is 0 Å². The average Bonchev–Trinajstić information content (AvgIpc) is 3.11. The average molecular weight is 329 g/mol. The quantitative estimate of drug-likeness (QED) is 0.412. The Kier molecular flexibility index (Phi) is 7.36. The lowest BCUT2D eigenvalue weighted by molar-refractivity contribution is 0.105. The summed E-state index contributed by atoms with van der Waals surface area (Å²) in [7, 11) is 0. The van der Waals surface area contributed by atoms with E-state index in [4.69, 9.17) is 14.9 Å². The van der Waals surface area contributed by atoms with Crippen molar-refractivity contribution in [2.24, 2.45) is 10.7 Å². The van der Waals surface area contributed by atoms with Gasteiger partial charge in [-0.3, -0.25) is 4.99 Å². The first kappa shape index (κ1) is 18.1. The summed E-state index contributed by atoms with van der Waals surface area (Å²) in [5.41, 5.74) is 8.20. The second-order valence-corrected chi connectivity index (χ2v) is 5.81. The largest absolute Gasteiger partial charge is 0.467 e. The van der Waals surface area contributed by atoms with Crippen molar-refractivity contribution in [2.75, 3.05) is 18.5 Å². The van der Waals surface area contributed by atoms with Gasteiger partial charge in [-0.2, -0.15) is 0 Å². The zero-order valence-corrected chi connectivity index (χ0v) is 14.5. The van der Waals surface area contributed by atoms with Crippen LogP contribution in [0.3, 0.4) is 0 Å². The fourth-order valence-electron chi connectivity index (χ4n) is 2.25. The topological polar surface area (TPSA) is 72.8 Å². The van der Waals surface area contributed by atoms with Gasteiger partial charge in [-0.05, 0) is 48.6 Å². The maximum atomic E-state index is 5.90. The highest BCUT2D eigenvalue weighted by Crippen LogP contribution is 2.20. The molecule has 2 aromatic rings. The molecule has 0 bridgehead atoms. The smallest absolute Gasteiger partial charge is 0.193 e. The number of hydrogen-bond donors (Lipinski definition) is 2. The van der Waals surface area contributed by atoms with Crippen molar-refractivity contribution < 1.29 is 9.15 Å². The van der Waals surface area contributed by atoms with Crippen LogP contribution >= 0.6 is 0 Å². The lowest BCUT2D eigenvalue weighted by Crippen LogP contribution is -2.23. The van der Waals surface area contributed by atoms with Gasteiger partial charge in [0.05, 0.1) is 6.26 Å². The van der Waals surface area contributed by atoms with Crippen molar-refractivity contribution in [3.63, 3.8) is 0 Å². The van der Waals surface area contributed by atoms with Crippen molar-refractivity contribution in [3.8, 4) is 0 Å². The van der Waals surface area contributed by atoms with E-state index in [1.807, 2.05) is 24.3 Å². The van der Waals surface area contributed by atoms with Gasteiger partial charge >= 0.3 is 0 Å². The zero-order chi connectivity index (χ0) is 17.2. The second kappa shape index (κ2) is 9.78. The normalized spacial score (nSPS) is 13.0. The Hall–Kier alpha value is -2.27. The summed E-state index contributed by atoms with van der Waals surface area (Å²) in [5, 5.41) is 3.11. The Morgan fingerprint density at radius 3 is 2.75 bits per heavy atom. The van der Waals surface area contributed by atoms with E-state index < -0.39 is 0 Å². The third-order valence-electron chi connectivity index (χ3n) is 3.92. The summed E-state index contributed by atoms with van der Waals surface area (Å²) in [5.74, 6) is 1.84. The monoisotopic (exact) mass is 329 g/mol. The van der Waals surface area contributed by atoms with Crippen LogP contribution in [-0.4, -0.2) is 19.1 Å². The molecule has 130 valence electrons. The standard InChI is InChI=1S/C19H27N3O2/c1-3-15(2)16-7-9-17(10-8-16)22-19(20)21-11-5-12-23-14-18-6-4-13-24-18/h4,6-10,13,15H,3,5,11-12,14H2,1-2H3,(H3,20,21,22). The molecule has 5 nitrogen and oxygen atoms in total. The Bertz CT molecular complexity index is 606. The molecule has 0 aliphatic heterocycles. The minimum Gasteiger partial charge on any atom is -0.467 e. The maximum absolute atomic E-state index is 5.90. The van der Waals surface area contributed by atoms with Gasteiger partial charge in [0.25, 0.3) is 0 Å². The molecular weight excluding hydrogens is 302 g/mol. The summed E-state index contributed by atoms with van der Waals surface area (Å²) >= 11 is 0. The minimum atomic E-state index is 0.428. The van der Waals surface area contributed by atoms with E-state index in [0.29, 0.717) is 31.6 Å². The molecule has 1 unspecified atom stereocenters. The van der Waals surface area contributed by atoms with Gasteiger partial charge in [-0.25, -0.2) is 0 Å². The van der Waals surface area contributed by atoms with Crippen molar-refractivity contribution in [1.82, 2.24) is 0 Å². The van der Waals surface area contributed by atoms with Crippen molar-refractivity contribution in [3.05, 3.63) is 54.0 Å². The molecule has 0 spiro atoms. The molecule has 0 radical (unpaired) electrons. The molecule has 1 heterocycles. The maximum Gasteiger partial charge on any atom is 0.193 e. The predicted molar refractivity (Wildman–Crippen MR) is 98.2 cm³/mol. The van der Waals surface area contributed by atoms with E-state index in [1.54, 1.807) is 6.26 Å². The van der Waals surface area contributed by atoms with Gasteiger partial charge in [0.2, 0.25) is 0 Å². The number of nitrogens with two attached hydrogens (primary N) is 1. The third kappa shape index (κ3) is 6.08. The van der Waals surface area contributed by atoms with Gasteiger partial charge < -0.3 is 20.2 Å². The van der Waals surface area contributed by atoms with Crippen LogP contribution in [0.25, 0.3) is 0 Å². The SMILES string of the molecule is CCC(C)c1ccc(NC(N)=NCCCOCc2ccco2)cc1.